The summed E-state index contributed by atoms with van der Waals surface area (Å²) in [5.41, 5.74) is 2.84. The Morgan fingerprint density at radius 1 is 0.806 bits per heavy atom. The van der Waals surface area contributed by atoms with Crippen LogP contribution in [0.1, 0.15) is 94.8 Å². The molecule has 0 saturated carbocycles. The largest absolute Gasteiger partial charge is 0.472 e. The van der Waals surface area contributed by atoms with Crippen LogP contribution in [0.2, 0.25) is 0 Å². The van der Waals surface area contributed by atoms with Gasteiger partial charge in [0.15, 0.2) is 0 Å². The molecule has 5 saturated heterocycles. The Balaban J connectivity index is 1.16. The number of piperidine rings is 4. The van der Waals surface area contributed by atoms with E-state index in [-0.39, 0.29) is 10.2 Å². The van der Waals surface area contributed by atoms with Gasteiger partial charge in [0, 0.05) is 64.9 Å². The second-order valence-electron chi connectivity index (χ2n) is 13.2. The third-order valence-corrected chi connectivity index (χ3v) is 13.4. The number of furan rings is 2. The van der Waals surface area contributed by atoms with E-state index in [9.17, 15) is 4.21 Å². The highest BCUT2D eigenvalue weighted by atomic mass is 32.2. The Hall–Kier alpha value is -1.37. The van der Waals surface area contributed by atoms with Crippen LogP contribution in [0.5, 0.6) is 0 Å². The Morgan fingerprint density at radius 3 is 1.97 bits per heavy atom. The van der Waals surface area contributed by atoms with Gasteiger partial charge < -0.3 is 8.83 Å². The van der Waals surface area contributed by atoms with Gasteiger partial charge in [-0.25, -0.2) is 0 Å². The molecule has 5 fully saturated rings. The summed E-state index contributed by atoms with van der Waals surface area (Å²) in [6.45, 7) is 6.99. The van der Waals surface area contributed by atoms with Gasteiger partial charge in [-0.15, -0.1) is 0 Å². The second kappa shape index (κ2) is 8.84. The predicted octanol–water partition coefficient (Wildman–Crippen LogP) is 6.32. The molecule has 7 heterocycles. The normalized spacial score (nSPS) is 45.7. The Morgan fingerprint density at radius 2 is 1.39 bits per heavy atom. The van der Waals surface area contributed by atoms with E-state index in [2.05, 4.69) is 35.8 Å². The van der Waals surface area contributed by atoms with Gasteiger partial charge in [-0.05, 0) is 87.2 Å². The van der Waals surface area contributed by atoms with E-state index in [0.717, 1.165) is 43.5 Å². The smallest absolute Gasteiger partial charge is 0.0950 e. The van der Waals surface area contributed by atoms with Crippen LogP contribution in [0.25, 0.3) is 0 Å². The number of rotatable bonds is 2. The van der Waals surface area contributed by atoms with Crippen molar-refractivity contribution >= 4 is 10.8 Å². The van der Waals surface area contributed by atoms with Gasteiger partial charge in [0.05, 0.1) is 29.8 Å². The average molecular weight is 511 g/mol. The highest BCUT2D eigenvalue weighted by Gasteiger charge is 2.59. The van der Waals surface area contributed by atoms with Crippen molar-refractivity contribution in [1.82, 2.24) is 9.80 Å². The van der Waals surface area contributed by atoms with Gasteiger partial charge in [0.25, 0.3) is 0 Å². The molecule has 196 valence electrons. The van der Waals surface area contributed by atoms with E-state index in [4.69, 9.17) is 8.83 Å². The highest BCUT2D eigenvalue weighted by Crippen LogP contribution is 2.56. The molecule has 7 rings (SSSR count). The first-order valence-electron chi connectivity index (χ1n) is 14.4. The van der Waals surface area contributed by atoms with Crippen molar-refractivity contribution in [2.45, 2.75) is 101 Å². The minimum absolute atomic E-state index is 0.0467. The molecule has 0 unspecified atom stereocenters. The monoisotopic (exact) mass is 510 g/mol. The lowest BCUT2D eigenvalue weighted by molar-refractivity contribution is -0.0454. The first-order chi connectivity index (χ1) is 17.5. The minimum Gasteiger partial charge on any atom is -0.472 e. The van der Waals surface area contributed by atoms with Gasteiger partial charge in [-0.3, -0.25) is 14.0 Å². The highest BCUT2D eigenvalue weighted by molar-refractivity contribution is 7.86. The van der Waals surface area contributed by atoms with Crippen molar-refractivity contribution in [3.63, 3.8) is 0 Å². The van der Waals surface area contributed by atoms with E-state index < -0.39 is 10.8 Å². The molecule has 5 nitrogen and oxygen atoms in total. The molecule has 6 heteroatoms. The third-order valence-electron chi connectivity index (χ3n) is 11.1. The van der Waals surface area contributed by atoms with Crippen LogP contribution in [0, 0.1) is 17.3 Å². The molecule has 36 heavy (non-hydrogen) atoms. The molecule has 2 spiro atoms. The molecule has 2 aromatic heterocycles. The quantitative estimate of drug-likeness (QED) is 0.473. The fourth-order valence-electron chi connectivity index (χ4n) is 9.26. The molecule has 0 aliphatic carbocycles. The first-order valence-corrected chi connectivity index (χ1v) is 15.7. The fraction of sp³-hybridized carbons (Fsp3) is 0.733. The van der Waals surface area contributed by atoms with Crippen molar-refractivity contribution in [2.75, 3.05) is 18.8 Å². The molecule has 0 bridgehead atoms. The number of hydrogen-bond donors (Lipinski definition) is 0. The van der Waals surface area contributed by atoms with Crippen LogP contribution in [0.4, 0.5) is 0 Å². The molecule has 9 atom stereocenters. The van der Waals surface area contributed by atoms with Crippen molar-refractivity contribution < 1.29 is 13.0 Å². The molecule has 0 amide bonds. The topological polar surface area (TPSA) is 49.8 Å². The van der Waals surface area contributed by atoms with Crippen LogP contribution < -0.4 is 0 Å². The molecule has 0 N–H and O–H groups in total. The lowest BCUT2D eigenvalue weighted by Crippen LogP contribution is -2.58. The SMILES string of the molecule is C[C@H]1CC[C@@H](c2ccoc2)N2C[C@@]3(CC[C@@H]12)C[S@@](=O)[C@@]1(CC[C@H]2[C@@H](C)CC[C@@H](c4ccoc4)N2C1)C3. The molecular weight excluding hydrogens is 468 g/mol. The van der Waals surface area contributed by atoms with E-state index in [1.807, 2.05) is 25.1 Å². The Kier molecular flexibility index (Phi) is 5.83. The van der Waals surface area contributed by atoms with Crippen LogP contribution in [-0.2, 0) is 10.8 Å². The fourth-order valence-corrected chi connectivity index (χ4v) is 11.6. The Labute approximate surface area is 218 Å². The molecular formula is C30H42N2O3S. The predicted molar refractivity (Wildman–Crippen MR) is 142 cm³/mol. The summed E-state index contributed by atoms with van der Waals surface area (Å²) in [4.78, 5) is 5.59. The molecule has 5 aliphatic heterocycles. The summed E-state index contributed by atoms with van der Waals surface area (Å²) in [6.07, 6.45) is 18.5. The van der Waals surface area contributed by atoms with Crippen molar-refractivity contribution in [3.8, 4) is 0 Å². The third kappa shape index (κ3) is 3.72. The van der Waals surface area contributed by atoms with Crippen LogP contribution in [-0.4, -0.2) is 49.7 Å². The number of hydrogen-bond acceptors (Lipinski definition) is 5. The number of fused-ring (bicyclic) bond motifs is 2. The van der Waals surface area contributed by atoms with E-state index in [1.165, 1.54) is 56.1 Å². The first kappa shape index (κ1) is 23.7. The lowest BCUT2D eigenvalue weighted by Gasteiger charge is -2.55. The molecule has 0 aromatic carbocycles. The van der Waals surface area contributed by atoms with Crippen LogP contribution in [0.15, 0.2) is 46.0 Å². The van der Waals surface area contributed by atoms with Crippen molar-refractivity contribution in [3.05, 3.63) is 48.3 Å². The van der Waals surface area contributed by atoms with Crippen molar-refractivity contribution in [2.24, 2.45) is 17.3 Å². The van der Waals surface area contributed by atoms with E-state index in [0.29, 0.717) is 24.2 Å². The van der Waals surface area contributed by atoms with Crippen molar-refractivity contribution in [1.29, 1.82) is 0 Å². The van der Waals surface area contributed by atoms with Gasteiger partial charge in [-0.2, -0.15) is 0 Å². The summed E-state index contributed by atoms with van der Waals surface area (Å²) in [6, 6.07) is 6.46. The maximum Gasteiger partial charge on any atom is 0.0950 e. The summed E-state index contributed by atoms with van der Waals surface area (Å²) >= 11 is 0. The zero-order valence-electron chi connectivity index (χ0n) is 21.9. The Bertz CT molecular complexity index is 1090. The second-order valence-corrected chi connectivity index (χ2v) is 15.0. The zero-order chi connectivity index (χ0) is 24.5. The minimum atomic E-state index is -0.772. The lowest BCUT2D eigenvalue weighted by atomic mass is 9.67. The zero-order valence-corrected chi connectivity index (χ0v) is 22.8. The van der Waals surface area contributed by atoms with Gasteiger partial charge in [-0.1, -0.05) is 13.8 Å². The maximum absolute atomic E-state index is 14.1. The molecule has 2 aromatic rings. The standard InChI is InChI=1S/C30H42N2O3S/c1-21-3-5-27(23-9-13-34-15-23)31-18-29(11-7-25(21)31)17-30(36(33)20-29)12-8-26-22(2)4-6-28(32(26)19-30)24-10-14-35-16-24/h9-10,13-16,21-22,25-28H,3-8,11-12,17-20H2,1-2H3/t21-,22-,25-,26-,27-,28-,29-,30-,36+/m0/s1. The molecule has 5 aliphatic rings. The molecule has 0 radical (unpaired) electrons. The summed E-state index contributed by atoms with van der Waals surface area (Å²) in [5, 5.41) is 0. The van der Waals surface area contributed by atoms with Gasteiger partial charge >= 0.3 is 0 Å². The number of nitrogens with zero attached hydrogens (tertiary/aromatic N) is 2. The maximum atomic E-state index is 14.1. The summed E-state index contributed by atoms with van der Waals surface area (Å²) < 4.78 is 25.1. The summed E-state index contributed by atoms with van der Waals surface area (Å²) in [7, 11) is -0.772. The van der Waals surface area contributed by atoms with E-state index in [1.54, 1.807) is 0 Å². The van der Waals surface area contributed by atoms with Crippen LogP contribution >= 0.6 is 0 Å². The van der Waals surface area contributed by atoms with E-state index >= 15 is 0 Å². The van der Waals surface area contributed by atoms with Crippen LogP contribution in [0.3, 0.4) is 0 Å². The van der Waals surface area contributed by atoms with Gasteiger partial charge in [0.1, 0.15) is 0 Å². The average Bonchev–Trinajstić information content (AvgIpc) is 3.63. The summed E-state index contributed by atoms with van der Waals surface area (Å²) in [5.74, 6) is 2.36. The van der Waals surface area contributed by atoms with Gasteiger partial charge in [0.2, 0.25) is 0 Å².